The van der Waals surface area contributed by atoms with Gasteiger partial charge in [-0.05, 0) is 44.8 Å². The third-order valence-corrected chi connectivity index (χ3v) is 10.2. The molecular formula is C48H52BrN4O6+. The maximum Gasteiger partial charge on any atom is 0.414 e. The molecule has 0 aliphatic heterocycles. The van der Waals surface area contributed by atoms with Gasteiger partial charge in [0, 0.05) is 39.3 Å². The second-order valence-corrected chi connectivity index (χ2v) is 16.6. The van der Waals surface area contributed by atoms with Crippen LogP contribution in [-0.2, 0) is 13.1 Å². The van der Waals surface area contributed by atoms with Crippen molar-refractivity contribution in [3.05, 3.63) is 144 Å². The van der Waals surface area contributed by atoms with Crippen LogP contribution >= 0.6 is 0 Å². The molecule has 0 atom stereocenters. The largest absolute Gasteiger partial charge is 1.00 e. The molecule has 0 unspecified atom stereocenters. The molecule has 6 aromatic carbocycles. The van der Waals surface area contributed by atoms with Crippen LogP contribution in [0.5, 0.6) is 11.5 Å². The minimum atomic E-state index is -0.462. The van der Waals surface area contributed by atoms with Crippen LogP contribution < -0.4 is 26.5 Å². The Kier molecular flexibility index (Phi) is 13.8. The highest BCUT2D eigenvalue weighted by Gasteiger charge is 2.28. The lowest BCUT2D eigenvalue weighted by molar-refractivity contribution is -0.895. The molecule has 0 bridgehead atoms. The summed E-state index contributed by atoms with van der Waals surface area (Å²) in [7, 11) is 14.6. The van der Waals surface area contributed by atoms with Crippen LogP contribution in [-0.4, -0.2) is 112 Å². The van der Waals surface area contributed by atoms with Crippen LogP contribution in [0, 0.1) is 0 Å². The summed E-state index contributed by atoms with van der Waals surface area (Å²) in [5.41, 5.74) is 4.80. The van der Waals surface area contributed by atoms with Crippen LogP contribution in [0.25, 0.3) is 32.7 Å². The van der Waals surface area contributed by atoms with E-state index in [1.807, 2.05) is 150 Å². The monoisotopic (exact) mass is 859 g/mol. The standard InChI is InChI=1S/C48H52N4O6.BrH/c1-49(2)47(55)57-45-27-25-35-13-9-11-15-39(35)41(45)29-51(5,6)31-43(53)37-21-17-33(18-22-37)34-19-23-38(24-20-34)44(54)32-52(7,8)30-42-40-16-12-10-14-36(40)26-28-46(42)58-48(56)50(3)4;/h9-28H,29-32H2,1-8H3;1H/q+2;/p-1. The molecule has 0 aromatic heterocycles. The first-order chi connectivity index (χ1) is 27.5. The van der Waals surface area contributed by atoms with Crippen molar-refractivity contribution in [2.45, 2.75) is 13.1 Å². The lowest BCUT2D eigenvalue weighted by Gasteiger charge is -2.30. The highest BCUT2D eigenvalue weighted by Crippen LogP contribution is 2.33. The average molecular weight is 861 g/mol. The van der Waals surface area contributed by atoms with Crippen molar-refractivity contribution in [3.63, 3.8) is 0 Å². The third kappa shape index (κ3) is 10.8. The van der Waals surface area contributed by atoms with Crippen molar-refractivity contribution in [2.24, 2.45) is 0 Å². The molecule has 2 amide bonds. The second kappa shape index (κ2) is 18.4. The quantitative estimate of drug-likeness (QED) is 0.109. The zero-order chi connectivity index (χ0) is 41.8. The van der Waals surface area contributed by atoms with Gasteiger partial charge in [-0.15, -0.1) is 0 Å². The number of ketones is 2. The molecule has 0 radical (unpaired) electrons. The van der Waals surface area contributed by atoms with Crippen LogP contribution in [0.2, 0.25) is 0 Å². The van der Waals surface area contributed by atoms with E-state index >= 15 is 0 Å². The number of rotatable bonds is 13. The van der Waals surface area contributed by atoms with E-state index in [-0.39, 0.29) is 41.6 Å². The number of quaternary nitrogens is 2. The van der Waals surface area contributed by atoms with E-state index < -0.39 is 12.2 Å². The predicted molar refractivity (Wildman–Crippen MR) is 229 cm³/mol. The summed E-state index contributed by atoms with van der Waals surface area (Å²) >= 11 is 0. The summed E-state index contributed by atoms with van der Waals surface area (Å²) in [6.07, 6.45) is -0.923. The fourth-order valence-corrected chi connectivity index (χ4v) is 7.15. The molecule has 0 saturated carbocycles. The predicted octanol–water partition coefficient (Wildman–Crippen LogP) is 5.70. The number of hydrogen-bond donors (Lipinski definition) is 0. The molecule has 10 nitrogen and oxygen atoms in total. The van der Waals surface area contributed by atoms with Crippen LogP contribution in [0.3, 0.4) is 0 Å². The SMILES string of the molecule is CN(C)C(=O)Oc1ccc2ccccc2c1C[N+](C)(C)CC(=O)c1ccc(-c2ccc(C(=O)C[N+](C)(C)Cc3c(OC(=O)N(C)C)ccc4ccccc34)cc2)cc1.[Br-]. The Morgan fingerprint density at radius 1 is 0.475 bits per heavy atom. The van der Waals surface area contributed by atoms with Crippen LogP contribution in [0.4, 0.5) is 9.59 Å². The van der Waals surface area contributed by atoms with E-state index in [0.717, 1.165) is 43.8 Å². The van der Waals surface area contributed by atoms with Gasteiger partial charge in [0.2, 0.25) is 11.6 Å². The number of fused-ring (bicyclic) bond motifs is 2. The van der Waals surface area contributed by atoms with Crippen molar-refractivity contribution < 1.29 is 54.6 Å². The van der Waals surface area contributed by atoms with Crippen molar-refractivity contribution in [1.82, 2.24) is 9.80 Å². The number of Topliss-reactive ketones (excluding diaryl/α,β-unsaturated/α-hetero) is 2. The number of ether oxygens (including phenoxy) is 2. The summed E-state index contributed by atoms with van der Waals surface area (Å²) in [5.74, 6) is 0.958. The molecular weight excluding hydrogens is 808 g/mol. The van der Waals surface area contributed by atoms with Gasteiger partial charge in [0.05, 0.1) is 39.3 Å². The minimum absolute atomic E-state index is 0. The third-order valence-electron chi connectivity index (χ3n) is 10.2. The number of benzene rings is 6. The van der Waals surface area contributed by atoms with E-state index in [0.29, 0.717) is 44.7 Å². The molecule has 0 aliphatic rings. The van der Waals surface area contributed by atoms with E-state index in [4.69, 9.17) is 9.47 Å². The van der Waals surface area contributed by atoms with Crippen molar-refractivity contribution in [3.8, 4) is 22.6 Å². The van der Waals surface area contributed by atoms with Gasteiger partial charge in [-0.2, -0.15) is 0 Å². The summed E-state index contributed by atoms with van der Waals surface area (Å²) < 4.78 is 12.2. The molecule has 0 spiro atoms. The van der Waals surface area contributed by atoms with Gasteiger partial charge in [0.1, 0.15) is 37.7 Å². The Bertz CT molecular complexity index is 2320. The summed E-state index contributed by atoms with van der Waals surface area (Å²) in [4.78, 5) is 55.1. The van der Waals surface area contributed by atoms with Gasteiger partial charge in [-0.25, -0.2) is 9.59 Å². The first-order valence-corrected chi connectivity index (χ1v) is 19.2. The smallest absolute Gasteiger partial charge is 0.414 e. The normalized spacial score (nSPS) is 11.5. The fraction of sp³-hybridized carbons (Fsp3) is 0.250. The molecule has 59 heavy (non-hydrogen) atoms. The Hall–Kier alpha value is -5.88. The number of carbonyl (C=O) groups excluding carboxylic acids is 4. The molecule has 0 N–H and O–H groups in total. The molecule has 0 heterocycles. The van der Waals surface area contributed by atoms with E-state index in [1.54, 1.807) is 28.2 Å². The van der Waals surface area contributed by atoms with Crippen LogP contribution in [0.1, 0.15) is 31.8 Å². The Morgan fingerprint density at radius 3 is 1.15 bits per heavy atom. The van der Waals surface area contributed by atoms with Crippen molar-refractivity contribution in [1.29, 1.82) is 0 Å². The second-order valence-electron chi connectivity index (χ2n) is 16.6. The lowest BCUT2D eigenvalue weighted by atomic mass is 9.99. The number of nitrogens with zero attached hydrogens (tertiary/aromatic N) is 4. The molecule has 6 aromatic rings. The average Bonchev–Trinajstić information content (AvgIpc) is 3.19. The van der Waals surface area contributed by atoms with Gasteiger partial charge >= 0.3 is 12.2 Å². The van der Waals surface area contributed by atoms with Crippen LogP contribution in [0.15, 0.2) is 121 Å². The number of likely N-dealkylation sites (N-methyl/N-ethyl adjacent to an activating group) is 2. The summed E-state index contributed by atoms with van der Waals surface area (Å²) in [5, 5.41) is 4.01. The molecule has 11 heteroatoms. The first-order valence-electron chi connectivity index (χ1n) is 19.2. The fourth-order valence-electron chi connectivity index (χ4n) is 7.15. The van der Waals surface area contributed by atoms with Gasteiger partial charge in [0.25, 0.3) is 0 Å². The number of halogens is 1. The highest BCUT2D eigenvalue weighted by atomic mass is 79.9. The van der Waals surface area contributed by atoms with E-state index in [2.05, 4.69) is 0 Å². The zero-order valence-corrected chi connectivity index (χ0v) is 36.6. The van der Waals surface area contributed by atoms with Crippen molar-refractivity contribution >= 4 is 45.3 Å². The zero-order valence-electron chi connectivity index (χ0n) is 35.0. The summed E-state index contributed by atoms with van der Waals surface area (Å²) in [6.45, 7) is 1.41. The maximum absolute atomic E-state index is 13.6. The Labute approximate surface area is 357 Å². The van der Waals surface area contributed by atoms with Gasteiger partial charge < -0.3 is 45.2 Å². The van der Waals surface area contributed by atoms with E-state index in [9.17, 15) is 19.2 Å². The molecule has 306 valence electrons. The van der Waals surface area contributed by atoms with Gasteiger partial charge in [-0.3, -0.25) is 9.59 Å². The maximum atomic E-state index is 13.6. The first kappa shape index (κ1) is 44.2. The Balaban J connectivity index is 0.00000661. The van der Waals surface area contributed by atoms with Gasteiger partial charge in [-0.1, -0.05) is 109 Å². The Morgan fingerprint density at radius 2 is 0.814 bits per heavy atom. The number of carbonyl (C=O) groups is 4. The molecule has 0 aliphatic carbocycles. The topological polar surface area (TPSA) is 93.2 Å². The summed E-state index contributed by atoms with van der Waals surface area (Å²) in [6, 6.07) is 38.5. The molecule has 6 rings (SSSR count). The van der Waals surface area contributed by atoms with Crippen molar-refractivity contribution in [2.75, 3.05) is 69.5 Å². The van der Waals surface area contributed by atoms with E-state index in [1.165, 1.54) is 9.80 Å². The number of hydrogen-bond acceptors (Lipinski definition) is 6. The minimum Gasteiger partial charge on any atom is -1.00 e. The molecule has 0 saturated heterocycles. The van der Waals surface area contributed by atoms with Gasteiger partial charge in [0.15, 0.2) is 0 Å². The lowest BCUT2D eigenvalue weighted by Crippen LogP contribution is -3.00. The number of amides is 2. The highest BCUT2D eigenvalue weighted by molar-refractivity contribution is 5.98. The molecule has 0 fully saturated rings.